The second-order valence-corrected chi connectivity index (χ2v) is 6.41. The van der Waals surface area contributed by atoms with E-state index in [0.717, 1.165) is 31.7 Å². The number of benzene rings is 1. The maximum absolute atomic E-state index is 13.1. The summed E-state index contributed by atoms with van der Waals surface area (Å²) in [6, 6.07) is 6.05. The van der Waals surface area contributed by atoms with E-state index in [1.54, 1.807) is 12.1 Å². The van der Waals surface area contributed by atoms with Crippen molar-refractivity contribution in [3.05, 3.63) is 35.0 Å². The van der Waals surface area contributed by atoms with Gasteiger partial charge in [0.2, 0.25) is 0 Å². The zero-order valence-corrected chi connectivity index (χ0v) is 14.3. The first-order valence-corrected chi connectivity index (χ1v) is 7.90. The molecular weight excluding hydrogens is 362 g/mol. The van der Waals surface area contributed by atoms with Gasteiger partial charge in [0.25, 0.3) is 0 Å². The third kappa shape index (κ3) is 4.23. The van der Waals surface area contributed by atoms with Gasteiger partial charge < -0.3 is 11.1 Å². The second-order valence-electron chi connectivity index (χ2n) is 5.97. The van der Waals surface area contributed by atoms with Crippen LogP contribution in [0.3, 0.4) is 0 Å². The van der Waals surface area contributed by atoms with Crippen LogP contribution in [0.1, 0.15) is 31.4 Å². The molecular formula is C16H18Cl2F3N3. The standard InChI is InChI=1S/C16H17ClF3N3.ClH/c17-9-1-6-13-12(7-9)14(8-15(23-13)16(18,19)20)22-11-4-2-10(21)3-5-11;/h1,6-8,10-11H,2-5,21H2,(H,22,23);1H. The number of nitrogens with two attached hydrogens (primary N) is 1. The lowest BCUT2D eigenvalue weighted by Gasteiger charge is -2.28. The van der Waals surface area contributed by atoms with E-state index in [1.165, 1.54) is 6.07 Å². The van der Waals surface area contributed by atoms with Crippen LogP contribution < -0.4 is 11.1 Å². The molecule has 3 N–H and O–H groups in total. The number of nitrogens with zero attached hydrogens (tertiary/aromatic N) is 1. The van der Waals surface area contributed by atoms with E-state index in [4.69, 9.17) is 17.3 Å². The first kappa shape index (κ1) is 19.1. The van der Waals surface area contributed by atoms with Crippen LogP contribution in [-0.4, -0.2) is 17.1 Å². The zero-order valence-electron chi connectivity index (χ0n) is 12.7. The lowest BCUT2D eigenvalue weighted by molar-refractivity contribution is -0.140. The molecule has 0 saturated heterocycles. The molecule has 0 radical (unpaired) electrons. The predicted molar refractivity (Wildman–Crippen MR) is 92.9 cm³/mol. The molecule has 24 heavy (non-hydrogen) atoms. The maximum atomic E-state index is 13.1. The molecule has 0 spiro atoms. The van der Waals surface area contributed by atoms with Crippen LogP contribution in [0.4, 0.5) is 18.9 Å². The van der Waals surface area contributed by atoms with Crippen LogP contribution in [0.5, 0.6) is 0 Å². The molecule has 0 unspecified atom stereocenters. The summed E-state index contributed by atoms with van der Waals surface area (Å²) < 4.78 is 39.2. The Labute approximate surface area is 149 Å². The lowest BCUT2D eigenvalue weighted by atomic mass is 9.91. The molecule has 1 heterocycles. The van der Waals surface area contributed by atoms with E-state index in [2.05, 4.69) is 10.3 Å². The van der Waals surface area contributed by atoms with Crippen molar-refractivity contribution in [1.29, 1.82) is 0 Å². The molecule has 1 aliphatic rings. The number of pyridine rings is 1. The summed E-state index contributed by atoms with van der Waals surface area (Å²) in [6.07, 6.45) is -1.07. The van der Waals surface area contributed by atoms with Crippen molar-refractivity contribution >= 4 is 40.6 Å². The third-order valence-electron chi connectivity index (χ3n) is 4.19. The smallest absolute Gasteiger partial charge is 0.382 e. The highest BCUT2D eigenvalue weighted by Gasteiger charge is 2.33. The van der Waals surface area contributed by atoms with Crippen molar-refractivity contribution in [3.63, 3.8) is 0 Å². The average Bonchev–Trinajstić information content (AvgIpc) is 2.49. The minimum absolute atomic E-state index is 0. The molecule has 0 bridgehead atoms. The largest absolute Gasteiger partial charge is 0.433 e. The average molecular weight is 380 g/mol. The first-order chi connectivity index (χ1) is 10.8. The van der Waals surface area contributed by atoms with Crippen molar-refractivity contribution in [1.82, 2.24) is 4.98 Å². The first-order valence-electron chi connectivity index (χ1n) is 7.52. The summed E-state index contributed by atoms with van der Waals surface area (Å²) in [4.78, 5) is 3.71. The summed E-state index contributed by atoms with van der Waals surface area (Å²) in [6.45, 7) is 0. The molecule has 8 heteroatoms. The van der Waals surface area contributed by atoms with Crippen LogP contribution in [0.15, 0.2) is 24.3 Å². The molecule has 0 atom stereocenters. The van der Waals surface area contributed by atoms with E-state index in [-0.39, 0.29) is 30.0 Å². The fourth-order valence-corrected chi connectivity index (χ4v) is 3.12. The molecule has 1 aromatic carbocycles. The Morgan fingerprint density at radius 2 is 1.79 bits per heavy atom. The van der Waals surface area contributed by atoms with E-state index in [0.29, 0.717) is 16.1 Å². The summed E-state index contributed by atoms with van der Waals surface area (Å²) in [7, 11) is 0. The molecule has 2 aromatic rings. The van der Waals surface area contributed by atoms with Gasteiger partial charge in [0.05, 0.1) is 5.52 Å². The van der Waals surface area contributed by atoms with Gasteiger partial charge in [0, 0.05) is 28.2 Å². The molecule has 132 valence electrons. The molecule has 1 fully saturated rings. The molecule has 0 amide bonds. The van der Waals surface area contributed by atoms with Gasteiger partial charge in [-0.05, 0) is 49.9 Å². The Balaban J connectivity index is 0.00000208. The van der Waals surface area contributed by atoms with E-state index >= 15 is 0 Å². The number of alkyl halides is 3. The van der Waals surface area contributed by atoms with Gasteiger partial charge in [-0.15, -0.1) is 12.4 Å². The zero-order chi connectivity index (χ0) is 16.6. The van der Waals surface area contributed by atoms with Gasteiger partial charge in [-0.25, -0.2) is 4.98 Å². The monoisotopic (exact) mass is 379 g/mol. The second kappa shape index (κ2) is 7.33. The number of aromatic nitrogens is 1. The Morgan fingerprint density at radius 1 is 1.12 bits per heavy atom. The van der Waals surface area contributed by atoms with Crippen molar-refractivity contribution < 1.29 is 13.2 Å². The van der Waals surface area contributed by atoms with Gasteiger partial charge in [-0.2, -0.15) is 13.2 Å². The van der Waals surface area contributed by atoms with Crippen molar-refractivity contribution in [3.8, 4) is 0 Å². The van der Waals surface area contributed by atoms with Crippen molar-refractivity contribution in [2.24, 2.45) is 5.73 Å². The van der Waals surface area contributed by atoms with E-state index in [9.17, 15) is 13.2 Å². The Bertz CT molecular complexity index is 714. The highest BCUT2D eigenvalue weighted by molar-refractivity contribution is 6.31. The molecule has 3 rings (SSSR count). The number of fused-ring (bicyclic) bond motifs is 1. The number of hydrogen-bond acceptors (Lipinski definition) is 3. The minimum atomic E-state index is -4.49. The quantitative estimate of drug-likeness (QED) is 0.770. The van der Waals surface area contributed by atoms with Gasteiger partial charge >= 0.3 is 6.18 Å². The van der Waals surface area contributed by atoms with Crippen molar-refractivity contribution in [2.45, 2.75) is 43.9 Å². The van der Waals surface area contributed by atoms with Crippen LogP contribution in [0, 0.1) is 0 Å². The maximum Gasteiger partial charge on any atom is 0.433 e. The highest BCUT2D eigenvalue weighted by atomic mass is 35.5. The summed E-state index contributed by atoms with van der Waals surface area (Å²) >= 11 is 5.99. The van der Waals surface area contributed by atoms with E-state index in [1.807, 2.05) is 0 Å². The Kier molecular flexibility index (Phi) is 5.83. The molecule has 3 nitrogen and oxygen atoms in total. The summed E-state index contributed by atoms with van der Waals surface area (Å²) in [5.41, 5.74) is 5.68. The number of nitrogens with one attached hydrogen (secondary N) is 1. The summed E-state index contributed by atoms with van der Waals surface area (Å²) in [5.74, 6) is 0. The number of rotatable bonds is 2. The van der Waals surface area contributed by atoms with Crippen molar-refractivity contribution in [2.75, 3.05) is 5.32 Å². The van der Waals surface area contributed by atoms with Crippen LogP contribution in [0.25, 0.3) is 10.9 Å². The fraction of sp³-hybridized carbons (Fsp3) is 0.438. The number of halogens is 5. The molecule has 1 saturated carbocycles. The molecule has 1 aromatic heterocycles. The minimum Gasteiger partial charge on any atom is -0.382 e. The number of hydrogen-bond donors (Lipinski definition) is 2. The van der Waals surface area contributed by atoms with Crippen LogP contribution in [-0.2, 0) is 6.18 Å². The topological polar surface area (TPSA) is 50.9 Å². The molecule has 1 aliphatic carbocycles. The molecule has 0 aliphatic heterocycles. The Hall–Kier alpha value is -1.24. The fourth-order valence-electron chi connectivity index (χ4n) is 2.95. The van der Waals surface area contributed by atoms with Gasteiger partial charge in [-0.1, -0.05) is 11.6 Å². The van der Waals surface area contributed by atoms with Crippen LogP contribution in [0.2, 0.25) is 5.02 Å². The summed E-state index contributed by atoms with van der Waals surface area (Å²) in [5, 5.41) is 4.29. The normalized spacial score (nSPS) is 21.4. The highest BCUT2D eigenvalue weighted by Crippen LogP contribution is 2.35. The SMILES string of the molecule is Cl.NC1CCC(Nc2cc(C(F)(F)F)nc3ccc(Cl)cc23)CC1. The number of anilines is 1. The Morgan fingerprint density at radius 3 is 2.42 bits per heavy atom. The van der Waals surface area contributed by atoms with Gasteiger partial charge in [0.1, 0.15) is 5.69 Å². The predicted octanol–water partition coefficient (Wildman–Crippen LogP) is 5.01. The lowest BCUT2D eigenvalue weighted by Crippen LogP contribution is -2.32. The van der Waals surface area contributed by atoms with Gasteiger partial charge in [-0.3, -0.25) is 0 Å². The van der Waals surface area contributed by atoms with Crippen LogP contribution >= 0.6 is 24.0 Å². The third-order valence-corrected chi connectivity index (χ3v) is 4.43. The van der Waals surface area contributed by atoms with E-state index < -0.39 is 11.9 Å². The van der Waals surface area contributed by atoms with Gasteiger partial charge in [0.15, 0.2) is 0 Å².